The molecule has 5 rings (SSSR count). The number of carbonyl (C=O) groups excluding carboxylic acids is 3. The van der Waals surface area contributed by atoms with Crippen molar-refractivity contribution in [2.75, 3.05) is 52.5 Å². The van der Waals surface area contributed by atoms with E-state index in [2.05, 4.69) is 4.84 Å². The highest BCUT2D eigenvalue weighted by atomic mass is 19.4. The van der Waals surface area contributed by atoms with Crippen LogP contribution in [-0.4, -0.2) is 130 Å². The van der Waals surface area contributed by atoms with Gasteiger partial charge in [-0.2, -0.15) is 26.3 Å². The summed E-state index contributed by atoms with van der Waals surface area (Å²) in [6, 6.07) is 0. The van der Waals surface area contributed by atoms with Crippen LogP contribution in [0.4, 0.5) is 26.3 Å². The number of fused-ring (bicyclic) bond motifs is 5. The van der Waals surface area contributed by atoms with Crippen LogP contribution in [-0.2, 0) is 28.8 Å². The summed E-state index contributed by atoms with van der Waals surface area (Å²) in [7, 11) is 0. The molecule has 3 N–H and O–H groups in total. The molecule has 1 saturated heterocycles. The Labute approximate surface area is 305 Å². The number of aliphatic hydroxyl groups is 2. The van der Waals surface area contributed by atoms with E-state index in [1.54, 1.807) is 4.90 Å². The Balaban J connectivity index is 1.32. The highest BCUT2D eigenvalue weighted by molar-refractivity contribution is 6.13. The Morgan fingerprint density at radius 1 is 1.02 bits per heavy atom. The summed E-state index contributed by atoms with van der Waals surface area (Å²) in [6.45, 7) is 3.85. The zero-order chi connectivity index (χ0) is 40.2. The lowest BCUT2D eigenvalue weighted by Gasteiger charge is -2.61. The Bertz CT molecular complexity index is 1620. The van der Waals surface area contributed by atoms with Gasteiger partial charge in [-0.25, -0.2) is 0 Å². The van der Waals surface area contributed by atoms with Crippen molar-refractivity contribution in [1.29, 1.82) is 0 Å². The molecule has 54 heavy (non-hydrogen) atoms. The number of ketones is 2. The van der Waals surface area contributed by atoms with Crippen molar-refractivity contribution < 1.29 is 75.5 Å². The number of aliphatic hydroxyl groups excluding tert-OH is 1. The summed E-state index contributed by atoms with van der Waals surface area (Å²) in [5, 5.41) is 42.5. The third-order valence-electron chi connectivity index (χ3n) is 12.6. The largest absolute Gasteiger partial charge is 0.481 e. The van der Waals surface area contributed by atoms with E-state index >= 15 is 0 Å². The van der Waals surface area contributed by atoms with Crippen LogP contribution in [0.25, 0.3) is 0 Å². The number of aliphatic carboxylic acids is 1. The smallest absolute Gasteiger partial charge is 0.420 e. The van der Waals surface area contributed by atoms with Crippen molar-refractivity contribution in [3.05, 3.63) is 32.4 Å². The molecule has 0 bridgehead atoms. The van der Waals surface area contributed by atoms with Gasteiger partial charge in [-0.05, 0) is 50.4 Å². The van der Waals surface area contributed by atoms with Crippen molar-refractivity contribution in [2.45, 2.75) is 82.9 Å². The van der Waals surface area contributed by atoms with Crippen LogP contribution in [0.2, 0.25) is 0 Å². The minimum atomic E-state index is -5.81. The third kappa shape index (κ3) is 7.37. The predicted molar refractivity (Wildman–Crippen MR) is 171 cm³/mol. The van der Waals surface area contributed by atoms with E-state index in [1.165, 1.54) is 6.92 Å². The first-order valence-corrected chi connectivity index (χ1v) is 17.7. The van der Waals surface area contributed by atoms with E-state index in [1.807, 2.05) is 4.90 Å². The zero-order valence-corrected chi connectivity index (χ0v) is 29.6. The number of ether oxygens (including phenoxy) is 1. The van der Waals surface area contributed by atoms with Gasteiger partial charge in [0.1, 0.15) is 11.2 Å². The van der Waals surface area contributed by atoms with Crippen LogP contribution >= 0.6 is 0 Å². The maximum atomic E-state index is 14.9. The number of allylic oxidation sites excluding steroid dienone is 3. The lowest BCUT2D eigenvalue weighted by molar-refractivity contribution is -0.757. The number of piperazine rings is 1. The van der Waals surface area contributed by atoms with Crippen molar-refractivity contribution in [2.24, 2.45) is 28.6 Å². The second-order valence-corrected chi connectivity index (χ2v) is 15.3. The van der Waals surface area contributed by atoms with Gasteiger partial charge in [0.2, 0.25) is 5.78 Å². The summed E-state index contributed by atoms with van der Waals surface area (Å²) in [6.07, 6.45) is -15.3. The molecule has 0 radical (unpaired) electrons. The fourth-order valence-corrected chi connectivity index (χ4v) is 10.4. The first-order chi connectivity index (χ1) is 25.0. The number of alkyl halides is 6. The number of carbonyl (C=O) groups is 4. The van der Waals surface area contributed by atoms with E-state index in [-0.39, 0.29) is 38.8 Å². The van der Waals surface area contributed by atoms with Gasteiger partial charge in [0.15, 0.2) is 12.4 Å². The van der Waals surface area contributed by atoms with Crippen LogP contribution in [0.1, 0.15) is 58.8 Å². The molecule has 302 valence electrons. The number of hydrogen-bond donors (Lipinski definition) is 3. The SMILES string of the molecule is C[C@@]12C(=C(CC(=O)O)C(=O)C(C(F)(F)F)=C1C(F)(F)F)CC[C@@H]1[C@@H]2C(O)C[C@@]2(C)[C@H]1CC[C@]2(O)C(=O)COC(=O)CN1CCN(CCCO[N+](=O)[O-])CC1. The van der Waals surface area contributed by atoms with E-state index in [9.17, 15) is 71.0 Å². The quantitative estimate of drug-likeness (QED) is 0.0860. The third-order valence-corrected chi connectivity index (χ3v) is 12.6. The van der Waals surface area contributed by atoms with Gasteiger partial charge in [0.25, 0.3) is 5.09 Å². The van der Waals surface area contributed by atoms with Crippen molar-refractivity contribution in [3.8, 4) is 0 Å². The first kappa shape index (κ1) is 41.5. The van der Waals surface area contributed by atoms with E-state index in [0.717, 1.165) is 6.92 Å². The Morgan fingerprint density at radius 2 is 1.65 bits per heavy atom. The van der Waals surface area contributed by atoms with E-state index < -0.39 is 123 Å². The highest BCUT2D eigenvalue weighted by Gasteiger charge is 2.72. The fraction of sp³-hybridized carbons (Fsp3) is 0.765. The topological polar surface area (TPSA) is 197 Å². The second-order valence-electron chi connectivity index (χ2n) is 15.3. The average molecular weight is 784 g/mol. The van der Waals surface area contributed by atoms with Crippen molar-refractivity contribution in [1.82, 2.24) is 9.80 Å². The molecule has 1 unspecified atom stereocenters. The van der Waals surface area contributed by atoms with Gasteiger partial charge >= 0.3 is 24.3 Å². The molecule has 3 saturated carbocycles. The number of esters is 1. The Hall–Kier alpha value is -3.62. The Morgan fingerprint density at radius 3 is 2.22 bits per heavy atom. The minimum Gasteiger partial charge on any atom is -0.481 e. The van der Waals surface area contributed by atoms with Crippen LogP contribution in [0.5, 0.6) is 0 Å². The number of Topliss-reactive ketones (excluding diaryl/α,β-unsaturated/α-hetero) is 2. The molecule has 1 aliphatic heterocycles. The van der Waals surface area contributed by atoms with Gasteiger partial charge in [0.05, 0.1) is 31.2 Å². The zero-order valence-electron chi connectivity index (χ0n) is 29.6. The molecule has 0 amide bonds. The van der Waals surface area contributed by atoms with Crippen LogP contribution in [0, 0.1) is 38.7 Å². The number of hydrogen-bond acceptors (Lipinski definition) is 12. The van der Waals surface area contributed by atoms with Crippen molar-refractivity contribution >= 4 is 23.5 Å². The molecule has 0 aromatic rings. The van der Waals surface area contributed by atoms with Gasteiger partial charge in [0, 0.05) is 55.0 Å². The molecule has 20 heteroatoms. The normalized spacial score (nSPS) is 33.6. The van der Waals surface area contributed by atoms with Gasteiger partial charge in [-0.1, -0.05) is 19.4 Å². The van der Waals surface area contributed by atoms with E-state index in [4.69, 9.17) is 4.74 Å². The lowest BCUT2D eigenvalue weighted by atomic mass is 9.43. The summed E-state index contributed by atoms with van der Waals surface area (Å²) in [4.78, 5) is 69.5. The Kier molecular flexibility index (Phi) is 11.4. The number of halogens is 6. The molecular weight excluding hydrogens is 740 g/mol. The number of rotatable bonds is 12. The molecule has 0 aromatic heterocycles. The fourth-order valence-electron chi connectivity index (χ4n) is 10.4. The standard InChI is InChI=1S/C34H43F6N3O11/c1-30-15-22(44)26-18(4-5-21-19(14-24(46)47)28(49)27(33(35,36)37)29(31(21,26)2)34(38,39)40)20(30)6-7-32(30,50)23(45)17-53-25(48)16-42-11-9-41(10-12-42)8-3-13-54-43(51)52/h18,20,22,26,44,50H,3-17H2,1-2H3,(H,46,47)/t18-,20-,22?,26+,30-,31-,32-/m0/s1. The highest BCUT2D eigenvalue weighted by Crippen LogP contribution is 2.70. The molecule has 14 nitrogen and oxygen atoms in total. The predicted octanol–water partition coefficient (Wildman–Crippen LogP) is 3.03. The molecular formula is C34H43F6N3O11. The van der Waals surface area contributed by atoms with Crippen LogP contribution in [0.15, 0.2) is 22.3 Å². The molecule has 0 spiro atoms. The summed E-state index contributed by atoms with van der Waals surface area (Å²) >= 11 is 0. The molecule has 0 aromatic carbocycles. The summed E-state index contributed by atoms with van der Waals surface area (Å²) in [5.74, 6) is -8.81. The number of carboxylic acids is 1. The van der Waals surface area contributed by atoms with Crippen LogP contribution in [0.3, 0.4) is 0 Å². The first-order valence-electron chi connectivity index (χ1n) is 17.7. The number of nitrogens with zero attached hydrogens (tertiary/aromatic N) is 3. The van der Waals surface area contributed by atoms with Gasteiger partial charge in [-0.3, -0.25) is 24.1 Å². The van der Waals surface area contributed by atoms with Gasteiger partial charge in [-0.15, -0.1) is 10.1 Å². The molecule has 7 atom stereocenters. The van der Waals surface area contributed by atoms with Gasteiger partial charge < -0.3 is 29.8 Å². The van der Waals surface area contributed by atoms with Crippen molar-refractivity contribution in [3.63, 3.8) is 0 Å². The summed E-state index contributed by atoms with van der Waals surface area (Å²) < 4.78 is 93.1. The molecule has 4 aliphatic carbocycles. The maximum Gasteiger partial charge on any atom is 0.420 e. The average Bonchev–Trinajstić information content (AvgIpc) is 3.32. The minimum absolute atomic E-state index is 0.0379. The van der Waals surface area contributed by atoms with E-state index in [0.29, 0.717) is 39.1 Å². The number of carboxylic acid groups (broad SMARTS) is 1. The monoisotopic (exact) mass is 783 g/mol. The molecule has 4 fully saturated rings. The second kappa shape index (κ2) is 14.8. The molecule has 5 aliphatic rings. The maximum absolute atomic E-state index is 14.9. The van der Waals surface area contributed by atoms with Crippen LogP contribution < -0.4 is 0 Å². The summed E-state index contributed by atoms with van der Waals surface area (Å²) in [5.41, 5.74) is -12.4. The molecule has 1 heterocycles. The lowest BCUT2D eigenvalue weighted by Crippen LogP contribution is -2.63.